The first-order valence-electron chi connectivity index (χ1n) is 9.96. The van der Waals surface area contributed by atoms with Crippen LogP contribution in [-0.4, -0.2) is 17.7 Å². The number of nitrogens with zero attached hydrogens (tertiary/aromatic N) is 2. The molecule has 1 N–H and O–H groups in total. The number of ether oxygens (including phenoxy) is 2. The first-order valence-corrected chi connectivity index (χ1v) is 10.3. The van der Waals surface area contributed by atoms with Gasteiger partial charge in [-0.2, -0.15) is 18.3 Å². The maximum absolute atomic E-state index is 12.8. The minimum Gasteiger partial charge on any atom is -0.490 e. The lowest BCUT2D eigenvalue weighted by molar-refractivity contribution is -0.384. The van der Waals surface area contributed by atoms with Crippen LogP contribution >= 0.6 is 11.6 Å². The van der Waals surface area contributed by atoms with E-state index in [0.717, 1.165) is 17.7 Å². The van der Waals surface area contributed by atoms with Gasteiger partial charge in [-0.05, 0) is 48.9 Å². The highest BCUT2D eigenvalue weighted by atomic mass is 35.5. The van der Waals surface area contributed by atoms with Crippen molar-refractivity contribution in [2.45, 2.75) is 19.7 Å². The summed E-state index contributed by atoms with van der Waals surface area (Å²) in [5.41, 5.74) is 1.74. The van der Waals surface area contributed by atoms with Crippen LogP contribution in [0.2, 0.25) is 5.02 Å². The minimum atomic E-state index is -4.70. The molecule has 3 rings (SSSR count). The molecule has 7 nitrogen and oxygen atoms in total. The van der Waals surface area contributed by atoms with Gasteiger partial charge in [0.2, 0.25) is 0 Å². The van der Waals surface area contributed by atoms with Crippen LogP contribution in [0.4, 0.5) is 24.5 Å². The Morgan fingerprint density at radius 2 is 1.85 bits per heavy atom. The predicted octanol–water partition coefficient (Wildman–Crippen LogP) is 6.69. The van der Waals surface area contributed by atoms with Gasteiger partial charge in [0.15, 0.2) is 11.5 Å². The quantitative estimate of drug-likeness (QED) is 0.204. The van der Waals surface area contributed by atoms with E-state index < -0.39 is 22.4 Å². The fourth-order valence-corrected chi connectivity index (χ4v) is 3.08. The molecule has 3 aromatic carbocycles. The zero-order valence-electron chi connectivity index (χ0n) is 17.8. The van der Waals surface area contributed by atoms with Crippen molar-refractivity contribution in [2.24, 2.45) is 5.10 Å². The maximum Gasteiger partial charge on any atom is 0.416 e. The zero-order chi connectivity index (χ0) is 24.7. The molecule has 34 heavy (non-hydrogen) atoms. The molecule has 178 valence electrons. The van der Waals surface area contributed by atoms with E-state index in [-0.39, 0.29) is 12.3 Å². The van der Waals surface area contributed by atoms with Crippen molar-refractivity contribution in [3.63, 3.8) is 0 Å². The number of nitrogens with one attached hydrogen (secondary N) is 1. The average molecular weight is 494 g/mol. The molecule has 0 saturated carbocycles. The Morgan fingerprint density at radius 1 is 1.09 bits per heavy atom. The van der Waals surface area contributed by atoms with Gasteiger partial charge in [0, 0.05) is 16.7 Å². The standard InChI is InChI=1S/C23H19ClF3N3O4/c1-2-33-22-11-15(7-10-21(22)34-14-16-5-3-4-6-18(16)24)13-28-29-19-9-8-17(23(25,26)27)12-20(19)30(31)32/h3-13,29H,2,14H2,1H3/b28-13-. The van der Waals surface area contributed by atoms with Crippen LogP contribution in [0.15, 0.2) is 65.8 Å². The molecule has 0 aliphatic rings. The Labute approximate surface area is 197 Å². The van der Waals surface area contributed by atoms with Crippen molar-refractivity contribution in [3.8, 4) is 11.5 Å². The van der Waals surface area contributed by atoms with Crippen molar-refractivity contribution in [2.75, 3.05) is 12.0 Å². The highest BCUT2D eigenvalue weighted by Crippen LogP contribution is 2.35. The van der Waals surface area contributed by atoms with Gasteiger partial charge >= 0.3 is 6.18 Å². The summed E-state index contributed by atoms with van der Waals surface area (Å²) in [6.45, 7) is 2.41. The Bertz CT molecular complexity index is 1200. The van der Waals surface area contributed by atoms with Crippen LogP contribution in [0.1, 0.15) is 23.6 Å². The number of benzene rings is 3. The lowest BCUT2D eigenvalue weighted by Gasteiger charge is -2.13. The van der Waals surface area contributed by atoms with Crippen molar-refractivity contribution < 1.29 is 27.6 Å². The molecule has 0 saturated heterocycles. The third-order valence-electron chi connectivity index (χ3n) is 4.53. The number of rotatable bonds is 9. The Morgan fingerprint density at radius 3 is 2.53 bits per heavy atom. The van der Waals surface area contributed by atoms with E-state index >= 15 is 0 Å². The van der Waals surface area contributed by atoms with Gasteiger partial charge in [-0.1, -0.05) is 29.8 Å². The summed E-state index contributed by atoms with van der Waals surface area (Å²) >= 11 is 6.15. The third kappa shape index (κ3) is 6.38. The molecule has 11 heteroatoms. The second-order valence-electron chi connectivity index (χ2n) is 6.88. The summed E-state index contributed by atoms with van der Waals surface area (Å²) in [6.07, 6.45) is -3.35. The number of hydrazone groups is 1. The van der Waals surface area contributed by atoms with Crippen molar-refractivity contribution >= 4 is 29.2 Å². The summed E-state index contributed by atoms with van der Waals surface area (Å²) in [4.78, 5) is 10.3. The second-order valence-corrected chi connectivity index (χ2v) is 7.28. The molecular weight excluding hydrogens is 475 g/mol. The van der Waals surface area contributed by atoms with Crippen LogP contribution < -0.4 is 14.9 Å². The predicted molar refractivity (Wildman–Crippen MR) is 123 cm³/mol. The van der Waals surface area contributed by atoms with E-state index in [4.69, 9.17) is 21.1 Å². The van der Waals surface area contributed by atoms with E-state index in [9.17, 15) is 23.3 Å². The van der Waals surface area contributed by atoms with Crippen LogP contribution in [-0.2, 0) is 12.8 Å². The van der Waals surface area contributed by atoms with Crippen LogP contribution in [0.5, 0.6) is 11.5 Å². The van der Waals surface area contributed by atoms with E-state index in [1.165, 1.54) is 6.21 Å². The first kappa shape index (κ1) is 24.8. The largest absolute Gasteiger partial charge is 0.490 e. The third-order valence-corrected chi connectivity index (χ3v) is 4.90. The molecule has 0 unspecified atom stereocenters. The second kappa shape index (κ2) is 10.9. The smallest absolute Gasteiger partial charge is 0.416 e. The molecule has 3 aromatic rings. The van der Waals surface area contributed by atoms with Crippen molar-refractivity contribution in [3.05, 3.63) is 92.5 Å². The van der Waals surface area contributed by atoms with Crippen molar-refractivity contribution in [1.82, 2.24) is 0 Å². The molecule has 0 radical (unpaired) electrons. The molecule has 0 spiro atoms. The van der Waals surface area contributed by atoms with E-state index in [1.54, 1.807) is 24.3 Å². The van der Waals surface area contributed by atoms with E-state index in [1.807, 2.05) is 25.1 Å². The first-order chi connectivity index (χ1) is 16.2. The Hall–Kier alpha value is -3.79. The number of nitro benzene ring substituents is 1. The number of hydrogen-bond donors (Lipinski definition) is 1. The lowest BCUT2D eigenvalue weighted by atomic mass is 10.1. The summed E-state index contributed by atoms with van der Waals surface area (Å²) in [7, 11) is 0. The van der Waals surface area contributed by atoms with E-state index in [0.29, 0.717) is 34.8 Å². The summed E-state index contributed by atoms with van der Waals surface area (Å²) in [5, 5.41) is 15.7. The van der Waals surface area contributed by atoms with Gasteiger partial charge in [-0.15, -0.1) is 0 Å². The zero-order valence-corrected chi connectivity index (χ0v) is 18.6. The SMILES string of the molecule is CCOc1cc(/C=N\Nc2ccc(C(F)(F)F)cc2[N+](=O)[O-])ccc1OCc1ccccc1Cl. The van der Waals surface area contributed by atoms with Crippen LogP contribution in [0, 0.1) is 10.1 Å². The molecule has 0 atom stereocenters. The highest BCUT2D eigenvalue weighted by molar-refractivity contribution is 6.31. The molecule has 0 bridgehead atoms. The number of nitro groups is 1. The average Bonchev–Trinajstić information content (AvgIpc) is 2.79. The monoisotopic (exact) mass is 493 g/mol. The van der Waals surface area contributed by atoms with Gasteiger partial charge in [-0.25, -0.2) is 0 Å². The molecular formula is C23H19ClF3N3O4. The number of alkyl halides is 3. The molecule has 0 aliphatic carbocycles. The summed E-state index contributed by atoms with van der Waals surface area (Å²) < 4.78 is 50.0. The fourth-order valence-electron chi connectivity index (χ4n) is 2.89. The molecule has 0 aliphatic heterocycles. The topological polar surface area (TPSA) is 86.0 Å². The molecule has 0 aromatic heterocycles. The van der Waals surface area contributed by atoms with Gasteiger partial charge in [-0.3, -0.25) is 15.5 Å². The minimum absolute atomic E-state index is 0.182. The lowest BCUT2D eigenvalue weighted by Crippen LogP contribution is -2.06. The molecule has 0 fully saturated rings. The van der Waals surface area contributed by atoms with Gasteiger partial charge in [0.05, 0.1) is 23.3 Å². The fraction of sp³-hybridized carbons (Fsp3) is 0.174. The summed E-state index contributed by atoms with van der Waals surface area (Å²) in [5.74, 6) is 0.921. The van der Waals surface area contributed by atoms with Crippen LogP contribution in [0.3, 0.4) is 0 Å². The summed E-state index contributed by atoms with van der Waals surface area (Å²) in [6, 6.07) is 14.4. The number of halogens is 4. The normalized spacial score (nSPS) is 11.4. The Balaban J connectivity index is 1.75. The maximum atomic E-state index is 12.8. The number of anilines is 1. The molecule has 0 amide bonds. The Kier molecular flexibility index (Phi) is 7.95. The van der Waals surface area contributed by atoms with Crippen LogP contribution in [0.25, 0.3) is 0 Å². The van der Waals surface area contributed by atoms with Gasteiger partial charge in [0.25, 0.3) is 5.69 Å². The van der Waals surface area contributed by atoms with Crippen molar-refractivity contribution in [1.29, 1.82) is 0 Å². The van der Waals surface area contributed by atoms with E-state index in [2.05, 4.69) is 10.5 Å². The van der Waals surface area contributed by atoms with Gasteiger partial charge < -0.3 is 9.47 Å². The molecule has 0 heterocycles. The van der Waals surface area contributed by atoms with Gasteiger partial charge in [0.1, 0.15) is 12.3 Å². The highest BCUT2D eigenvalue weighted by Gasteiger charge is 2.33. The number of hydrogen-bond acceptors (Lipinski definition) is 6.